The first kappa shape index (κ1) is 28.3. The molecule has 0 N–H and O–H groups in total. The van der Waals surface area contributed by atoms with E-state index in [1.807, 2.05) is 36.4 Å². The van der Waals surface area contributed by atoms with Gasteiger partial charge in [0.2, 0.25) is 5.91 Å². The predicted molar refractivity (Wildman–Crippen MR) is 153 cm³/mol. The molecule has 2 unspecified atom stereocenters. The molecule has 2 atom stereocenters. The molecule has 12 heteroatoms. The van der Waals surface area contributed by atoms with E-state index in [1.165, 1.54) is 47.0 Å². The summed E-state index contributed by atoms with van der Waals surface area (Å²) in [6, 6.07) is 12.6. The maximum Gasteiger partial charge on any atom is 0.573 e. The molecule has 3 aromatic rings. The second-order valence-electron chi connectivity index (χ2n) is 9.75. The Morgan fingerprint density at radius 3 is 2.51 bits per heavy atom. The van der Waals surface area contributed by atoms with Crippen molar-refractivity contribution in [3.8, 4) is 22.8 Å². The van der Waals surface area contributed by atoms with Crippen LogP contribution in [0.3, 0.4) is 0 Å². The standard InChI is InChI=1S/C29H27F3N6O2S/c1-19(2)24-5-3-4-6-25(24)38-26(39)15-16-41-28(38)35-34-17-20-7-9-21(10-8-20)27-33-18-37(36-27)22-11-13-23(14-12-22)40-29(30,31)32/h3-14,17-19,24-25H,15-16H2,1-2H3/b34-17+,35-28-. The van der Waals surface area contributed by atoms with Crippen LogP contribution in [0.1, 0.15) is 25.8 Å². The molecule has 1 amide bonds. The van der Waals surface area contributed by atoms with E-state index in [0.717, 1.165) is 11.1 Å². The van der Waals surface area contributed by atoms with E-state index in [9.17, 15) is 18.0 Å². The van der Waals surface area contributed by atoms with Crippen LogP contribution in [-0.2, 0) is 4.79 Å². The number of amidine groups is 1. The fourth-order valence-corrected chi connectivity index (χ4v) is 5.49. The van der Waals surface area contributed by atoms with Crippen LogP contribution in [0.15, 0.2) is 89.4 Å². The summed E-state index contributed by atoms with van der Waals surface area (Å²) in [6.45, 7) is 4.30. The van der Waals surface area contributed by atoms with Crippen LogP contribution in [0.5, 0.6) is 5.75 Å². The van der Waals surface area contributed by atoms with E-state index < -0.39 is 6.36 Å². The highest BCUT2D eigenvalue weighted by atomic mass is 32.2. The zero-order chi connectivity index (χ0) is 29.0. The molecule has 2 aromatic carbocycles. The Hall–Kier alpha value is -4.19. The summed E-state index contributed by atoms with van der Waals surface area (Å²) in [5.41, 5.74) is 2.09. The second kappa shape index (κ2) is 12.1. The molecule has 2 heterocycles. The van der Waals surface area contributed by atoms with Gasteiger partial charge in [0.25, 0.3) is 0 Å². The van der Waals surface area contributed by atoms with Crippen LogP contribution in [0.25, 0.3) is 17.1 Å². The van der Waals surface area contributed by atoms with E-state index in [-0.39, 0.29) is 23.6 Å². The van der Waals surface area contributed by atoms with Crippen molar-refractivity contribution in [1.29, 1.82) is 0 Å². The highest BCUT2D eigenvalue weighted by Crippen LogP contribution is 2.31. The van der Waals surface area contributed by atoms with Crippen molar-refractivity contribution in [2.45, 2.75) is 32.7 Å². The molecule has 2 aliphatic rings. The lowest BCUT2D eigenvalue weighted by atomic mass is 9.84. The molecule has 0 radical (unpaired) electrons. The highest BCUT2D eigenvalue weighted by Gasteiger charge is 2.36. The van der Waals surface area contributed by atoms with Gasteiger partial charge in [0.15, 0.2) is 11.0 Å². The fourth-order valence-electron chi connectivity index (χ4n) is 4.57. The van der Waals surface area contributed by atoms with Crippen molar-refractivity contribution < 1.29 is 22.7 Å². The zero-order valence-electron chi connectivity index (χ0n) is 22.3. The van der Waals surface area contributed by atoms with Crippen molar-refractivity contribution in [2.75, 3.05) is 5.75 Å². The van der Waals surface area contributed by atoms with Crippen LogP contribution in [0.4, 0.5) is 13.2 Å². The number of rotatable bonds is 7. The summed E-state index contributed by atoms with van der Waals surface area (Å²) >= 11 is 1.53. The number of allylic oxidation sites excluding steroid dienone is 2. The lowest BCUT2D eigenvalue weighted by Gasteiger charge is -2.38. The normalized spacial score (nSPS) is 20.5. The van der Waals surface area contributed by atoms with Gasteiger partial charge in [-0.25, -0.2) is 9.67 Å². The number of benzene rings is 2. The third kappa shape index (κ3) is 6.94. The number of alkyl halides is 3. The summed E-state index contributed by atoms with van der Waals surface area (Å²) in [6.07, 6.45) is 7.02. The average molecular weight is 581 g/mol. The first-order valence-electron chi connectivity index (χ1n) is 13.0. The molecule has 0 saturated carbocycles. The van der Waals surface area contributed by atoms with Gasteiger partial charge in [-0.2, -0.15) is 5.10 Å². The Morgan fingerprint density at radius 1 is 1.07 bits per heavy atom. The van der Waals surface area contributed by atoms with Crippen molar-refractivity contribution in [3.05, 3.63) is 84.7 Å². The number of thioether (sulfide) groups is 1. The number of amides is 1. The van der Waals surface area contributed by atoms with Crippen molar-refractivity contribution in [2.24, 2.45) is 22.0 Å². The molecular formula is C29H27F3N6O2S. The maximum absolute atomic E-state index is 12.9. The molecule has 5 rings (SSSR count). The van der Waals surface area contributed by atoms with E-state index in [0.29, 0.717) is 34.8 Å². The molecule has 212 valence electrons. The molecule has 1 aliphatic carbocycles. The minimum Gasteiger partial charge on any atom is -0.406 e. The third-order valence-electron chi connectivity index (χ3n) is 6.58. The number of carbonyl (C=O) groups is 1. The van der Waals surface area contributed by atoms with Crippen molar-refractivity contribution >= 4 is 29.1 Å². The number of ether oxygens (including phenoxy) is 1. The van der Waals surface area contributed by atoms with Gasteiger partial charge in [-0.1, -0.05) is 74.2 Å². The molecule has 0 bridgehead atoms. The number of hydrogen-bond donors (Lipinski definition) is 0. The Balaban J connectivity index is 1.27. The van der Waals surface area contributed by atoms with Crippen molar-refractivity contribution in [1.82, 2.24) is 19.7 Å². The Morgan fingerprint density at radius 2 is 1.80 bits per heavy atom. The van der Waals surface area contributed by atoms with Crippen LogP contribution in [0.2, 0.25) is 0 Å². The highest BCUT2D eigenvalue weighted by molar-refractivity contribution is 8.13. The largest absolute Gasteiger partial charge is 0.573 e. The van der Waals surface area contributed by atoms with Gasteiger partial charge in [-0.05, 0) is 35.7 Å². The minimum absolute atomic E-state index is 0.0511. The minimum atomic E-state index is -4.75. The second-order valence-corrected chi connectivity index (χ2v) is 10.8. The molecule has 1 aliphatic heterocycles. The van der Waals surface area contributed by atoms with Crippen LogP contribution in [0, 0.1) is 11.8 Å². The SMILES string of the molecule is CC(C)C1C=CC=CC1N1C(=O)CCS/C1=N\N=C\c1ccc(-c2ncn(-c3ccc(OC(F)(F)F)cc3)n2)cc1. The molecule has 0 spiro atoms. The quantitative estimate of drug-likeness (QED) is 0.244. The van der Waals surface area contributed by atoms with Gasteiger partial charge < -0.3 is 4.74 Å². The lowest BCUT2D eigenvalue weighted by Crippen LogP contribution is -2.49. The number of aromatic nitrogens is 3. The van der Waals surface area contributed by atoms with Gasteiger partial charge in [0, 0.05) is 23.7 Å². The molecule has 8 nitrogen and oxygen atoms in total. The van der Waals surface area contributed by atoms with Gasteiger partial charge in [0.1, 0.15) is 12.1 Å². The first-order valence-corrected chi connectivity index (χ1v) is 14.0. The smallest absolute Gasteiger partial charge is 0.406 e. The van der Waals surface area contributed by atoms with E-state index >= 15 is 0 Å². The topological polar surface area (TPSA) is 85.0 Å². The molecule has 1 saturated heterocycles. The van der Waals surface area contributed by atoms with Gasteiger partial charge in [-0.3, -0.25) is 9.69 Å². The fraction of sp³-hybridized carbons (Fsp3) is 0.276. The predicted octanol–water partition coefficient (Wildman–Crippen LogP) is 6.26. The van der Waals surface area contributed by atoms with Gasteiger partial charge in [0.05, 0.1) is 17.9 Å². The lowest BCUT2D eigenvalue weighted by molar-refractivity contribution is -0.274. The Bertz CT molecular complexity index is 1490. The van der Waals surface area contributed by atoms with Crippen LogP contribution in [-0.4, -0.2) is 55.1 Å². The average Bonchev–Trinajstić information content (AvgIpc) is 3.43. The monoisotopic (exact) mass is 580 g/mol. The summed E-state index contributed by atoms with van der Waals surface area (Å²) < 4.78 is 42.5. The molecule has 1 aromatic heterocycles. The summed E-state index contributed by atoms with van der Waals surface area (Å²) in [5, 5.41) is 13.7. The summed E-state index contributed by atoms with van der Waals surface area (Å²) in [7, 11) is 0. The Labute approximate surface area is 239 Å². The summed E-state index contributed by atoms with van der Waals surface area (Å²) in [5.74, 6) is 1.42. The third-order valence-corrected chi connectivity index (χ3v) is 7.53. The van der Waals surface area contributed by atoms with Crippen LogP contribution >= 0.6 is 11.8 Å². The number of hydrogen-bond acceptors (Lipinski definition) is 7. The van der Waals surface area contributed by atoms with E-state index in [2.05, 4.69) is 51.0 Å². The summed E-state index contributed by atoms with van der Waals surface area (Å²) in [4.78, 5) is 19.0. The first-order chi connectivity index (χ1) is 19.7. The van der Waals surface area contributed by atoms with E-state index in [4.69, 9.17) is 0 Å². The maximum atomic E-state index is 12.9. The molecular weight excluding hydrogens is 553 g/mol. The van der Waals surface area contributed by atoms with Gasteiger partial charge in [-0.15, -0.1) is 23.4 Å². The van der Waals surface area contributed by atoms with Crippen LogP contribution < -0.4 is 4.74 Å². The van der Waals surface area contributed by atoms with Gasteiger partial charge >= 0.3 is 6.36 Å². The molecule has 1 fully saturated rings. The molecule has 41 heavy (non-hydrogen) atoms. The van der Waals surface area contributed by atoms with E-state index in [1.54, 1.807) is 11.1 Å². The zero-order valence-corrected chi connectivity index (χ0v) is 23.1. The number of carbonyl (C=O) groups excluding carboxylic acids is 1. The number of halogens is 3. The Kier molecular flexibility index (Phi) is 8.39. The number of nitrogens with zero attached hydrogens (tertiary/aromatic N) is 6. The van der Waals surface area contributed by atoms with Crippen molar-refractivity contribution in [3.63, 3.8) is 0 Å².